The van der Waals surface area contributed by atoms with Gasteiger partial charge in [-0.2, -0.15) is 5.10 Å². The highest BCUT2D eigenvalue weighted by molar-refractivity contribution is 7.98. The van der Waals surface area contributed by atoms with Crippen molar-refractivity contribution in [3.63, 3.8) is 0 Å². The van der Waals surface area contributed by atoms with Crippen molar-refractivity contribution in [3.8, 4) is 16.9 Å². The van der Waals surface area contributed by atoms with Gasteiger partial charge in [-0.15, -0.1) is 11.8 Å². The molecule has 0 aliphatic heterocycles. The van der Waals surface area contributed by atoms with E-state index in [1.54, 1.807) is 28.7 Å². The maximum atomic E-state index is 13.3. The topological polar surface area (TPSA) is 38.0 Å². The first-order valence-electron chi connectivity index (χ1n) is 6.91. The van der Waals surface area contributed by atoms with Gasteiger partial charge < -0.3 is 5.11 Å². The van der Waals surface area contributed by atoms with Crippen molar-refractivity contribution in [1.29, 1.82) is 0 Å². The number of hydrogen-bond donors (Lipinski definition) is 1. The zero-order valence-corrected chi connectivity index (χ0v) is 13.9. The molecule has 6 heteroatoms. The Morgan fingerprint density at radius 2 is 1.96 bits per heavy atom. The quantitative estimate of drug-likeness (QED) is 0.703. The van der Waals surface area contributed by atoms with Crippen LogP contribution in [0.1, 0.15) is 5.56 Å². The second-order valence-corrected chi connectivity index (χ2v) is 6.22. The maximum Gasteiger partial charge on any atom is 0.141 e. The van der Waals surface area contributed by atoms with Gasteiger partial charge in [0.05, 0.1) is 23.0 Å². The first-order chi connectivity index (χ1) is 11.1. The molecule has 0 saturated heterocycles. The lowest BCUT2D eigenvalue weighted by atomic mass is 10.1. The maximum absolute atomic E-state index is 13.3. The van der Waals surface area contributed by atoms with Crippen LogP contribution in [-0.2, 0) is 6.61 Å². The average molecular weight is 349 g/mol. The van der Waals surface area contributed by atoms with Gasteiger partial charge in [-0.25, -0.2) is 9.07 Å². The molecule has 0 bridgehead atoms. The molecule has 3 aromatic rings. The summed E-state index contributed by atoms with van der Waals surface area (Å²) in [5.74, 6) is -0.474. The molecule has 2 aromatic carbocycles. The Labute approximate surface area is 142 Å². The van der Waals surface area contributed by atoms with E-state index in [9.17, 15) is 9.50 Å². The third kappa shape index (κ3) is 3.27. The molecule has 1 heterocycles. The number of aliphatic hydroxyl groups excluding tert-OH is 1. The largest absolute Gasteiger partial charge is 0.392 e. The summed E-state index contributed by atoms with van der Waals surface area (Å²) < 4.78 is 14.9. The van der Waals surface area contributed by atoms with Gasteiger partial charge in [-0.1, -0.05) is 23.7 Å². The number of halogens is 2. The summed E-state index contributed by atoms with van der Waals surface area (Å²) >= 11 is 7.49. The molecule has 3 rings (SSSR count). The second-order valence-electron chi connectivity index (χ2n) is 4.93. The van der Waals surface area contributed by atoms with Gasteiger partial charge in [-0.05, 0) is 36.6 Å². The fraction of sp³-hybridized carbons (Fsp3) is 0.118. The zero-order valence-electron chi connectivity index (χ0n) is 12.3. The first kappa shape index (κ1) is 16.1. The summed E-state index contributed by atoms with van der Waals surface area (Å²) in [5, 5.41) is 14.1. The third-order valence-corrected chi connectivity index (χ3v) is 4.52. The van der Waals surface area contributed by atoms with E-state index >= 15 is 0 Å². The van der Waals surface area contributed by atoms with Crippen molar-refractivity contribution in [3.05, 3.63) is 65.1 Å². The van der Waals surface area contributed by atoms with Crippen LogP contribution in [0.3, 0.4) is 0 Å². The van der Waals surface area contributed by atoms with E-state index in [-0.39, 0.29) is 11.6 Å². The Balaban J connectivity index is 2.04. The van der Waals surface area contributed by atoms with Gasteiger partial charge >= 0.3 is 0 Å². The SMILES string of the molecule is CSc1ccc(-c2nn(-c3ccc(F)c(Cl)c3)cc2CO)cc1. The second kappa shape index (κ2) is 6.74. The molecule has 0 amide bonds. The van der Waals surface area contributed by atoms with Crippen molar-refractivity contribution in [2.24, 2.45) is 0 Å². The summed E-state index contributed by atoms with van der Waals surface area (Å²) in [6.07, 6.45) is 3.74. The molecular weight excluding hydrogens is 335 g/mol. The van der Waals surface area contributed by atoms with E-state index < -0.39 is 5.82 Å². The van der Waals surface area contributed by atoms with Crippen LogP contribution in [-0.4, -0.2) is 21.1 Å². The molecule has 0 unspecified atom stereocenters. The van der Waals surface area contributed by atoms with Crippen molar-refractivity contribution in [2.45, 2.75) is 11.5 Å². The number of benzene rings is 2. The van der Waals surface area contributed by atoms with Crippen molar-refractivity contribution in [2.75, 3.05) is 6.26 Å². The van der Waals surface area contributed by atoms with Gasteiger partial charge in [0.15, 0.2) is 0 Å². The minimum Gasteiger partial charge on any atom is -0.392 e. The van der Waals surface area contributed by atoms with Crippen molar-refractivity contribution >= 4 is 23.4 Å². The van der Waals surface area contributed by atoms with E-state index in [0.29, 0.717) is 16.9 Å². The number of hydrogen-bond acceptors (Lipinski definition) is 3. The molecule has 0 saturated carbocycles. The molecule has 0 spiro atoms. The monoisotopic (exact) mass is 348 g/mol. The highest BCUT2D eigenvalue weighted by Crippen LogP contribution is 2.27. The van der Waals surface area contributed by atoms with E-state index in [2.05, 4.69) is 5.10 Å². The summed E-state index contributed by atoms with van der Waals surface area (Å²) in [4.78, 5) is 1.16. The number of rotatable bonds is 4. The number of aromatic nitrogens is 2. The lowest BCUT2D eigenvalue weighted by Crippen LogP contribution is -1.95. The van der Waals surface area contributed by atoms with E-state index in [1.165, 1.54) is 12.1 Å². The third-order valence-electron chi connectivity index (χ3n) is 3.49. The van der Waals surface area contributed by atoms with E-state index in [4.69, 9.17) is 11.6 Å². The van der Waals surface area contributed by atoms with Gasteiger partial charge in [0.25, 0.3) is 0 Å². The Morgan fingerprint density at radius 1 is 1.22 bits per heavy atom. The van der Waals surface area contributed by atoms with Crippen LogP contribution in [0, 0.1) is 5.82 Å². The molecule has 1 N–H and O–H groups in total. The van der Waals surface area contributed by atoms with Crippen LogP contribution in [0.25, 0.3) is 16.9 Å². The summed E-state index contributed by atoms with van der Waals surface area (Å²) in [7, 11) is 0. The fourth-order valence-electron chi connectivity index (χ4n) is 2.28. The van der Waals surface area contributed by atoms with E-state index in [0.717, 1.165) is 10.5 Å². The predicted molar refractivity (Wildman–Crippen MR) is 91.7 cm³/mol. The molecule has 0 atom stereocenters. The molecule has 23 heavy (non-hydrogen) atoms. The number of thioether (sulfide) groups is 1. The highest BCUT2D eigenvalue weighted by atomic mass is 35.5. The number of nitrogens with zero attached hydrogens (tertiary/aromatic N) is 2. The first-order valence-corrected chi connectivity index (χ1v) is 8.52. The molecule has 1 aromatic heterocycles. The van der Waals surface area contributed by atoms with E-state index in [1.807, 2.05) is 30.5 Å². The van der Waals surface area contributed by atoms with Crippen LogP contribution in [0.15, 0.2) is 53.6 Å². The van der Waals surface area contributed by atoms with Gasteiger partial charge in [0.2, 0.25) is 0 Å². The molecule has 3 nitrogen and oxygen atoms in total. The van der Waals surface area contributed by atoms with Crippen LogP contribution < -0.4 is 0 Å². The molecule has 118 valence electrons. The predicted octanol–water partition coefficient (Wildman–Crippen LogP) is 4.55. The lowest BCUT2D eigenvalue weighted by Gasteiger charge is -2.03. The zero-order chi connectivity index (χ0) is 16.4. The minimum absolute atomic E-state index is 0.0365. The highest BCUT2D eigenvalue weighted by Gasteiger charge is 2.12. The van der Waals surface area contributed by atoms with Gasteiger partial charge in [0, 0.05) is 22.2 Å². The van der Waals surface area contributed by atoms with Gasteiger partial charge in [-0.3, -0.25) is 0 Å². The Bertz CT molecular complexity index is 833. The van der Waals surface area contributed by atoms with Crippen LogP contribution in [0.4, 0.5) is 4.39 Å². The number of aliphatic hydroxyl groups is 1. The lowest BCUT2D eigenvalue weighted by molar-refractivity contribution is 0.282. The Morgan fingerprint density at radius 3 is 2.57 bits per heavy atom. The summed E-state index contributed by atoms with van der Waals surface area (Å²) in [6.45, 7) is -0.130. The van der Waals surface area contributed by atoms with Crippen molar-refractivity contribution in [1.82, 2.24) is 9.78 Å². The minimum atomic E-state index is -0.474. The summed E-state index contributed by atoms with van der Waals surface area (Å²) in [6, 6.07) is 12.3. The van der Waals surface area contributed by atoms with Gasteiger partial charge in [0.1, 0.15) is 5.82 Å². The normalized spacial score (nSPS) is 11.0. The standard InChI is InChI=1S/C17H14ClFN2OS/c1-23-14-5-2-11(3-6-14)17-12(10-22)9-21(20-17)13-4-7-16(19)15(18)8-13/h2-9,22H,10H2,1H3. The smallest absolute Gasteiger partial charge is 0.141 e. The molecule has 0 aliphatic carbocycles. The van der Waals surface area contributed by atoms with Crippen molar-refractivity contribution < 1.29 is 9.50 Å². The Hall–Kier alpha value is -1.82. The fourth-order valence-corrected chi connectivity index (χ4v) is 2.86. The average Bonchev–Trinajstić information content (AvgIpc) is 3.02. The molecule has 0 fully saturated rings. The summed E-state index contributed by atoms with van der Waals surface area (Å²) in [5.41, 5.74) is 2.94. The molecular formula is C17H14ClFN2OS. The Kier molecular flexibility index (Phi) is 4.71. The van der Waals surface area contributed by atoms with Crippen LogP contribution >= 0.6 is 23.4 Å². The molecule has 0 aliphatic rings. The van der Waals surface area contributed by atoms with Crippen LogP contribution in [0.5, 0.6) is 0 Å². The molecule has 0 radical (unpaired) electrons. The van der Waals surface area contributed by atoms with Crippen LogP contribution in [0.2, 0.25) is 5.02 Å².